The number of aliphatic hydroxyl groups excluding tert-OH is 1. The standard InChI is InChI=1S/C16H12FN3O.C3H8/c1-9-12-6-11(10-2-3-13(17)14(18)7-10)8-19-16(12)20-15(9)4-5-21;1-3-2/h2-3,6-8,21H,18H2,1H3,(H,19,20);3H2,1-2H3. The van der Waals surface area contributed by atoms with Crippen molar-refractivity contribution in [2.75, 3.05) is 5.73 Å². The number of fused-ring (bicyclic) bond motifs is 1. The third-order valence-electron chi connectivity index (χ3n) is 3.42. The first kappa shape index (κ1) is 17.4. The summed E-state index contributed by atoms with van der Waals surface area (Å²) in [4.78, 5) is 7.37. The zero-order valence-electron chi connectivity index (χ0n) is 13.9. The number of aromatic nitrogens is 2. The van der Waals surface area contributed by atoms with E-state index in [1.54, 1.807) is 18.3 Å². The van der Waals surface area contributed by atoms with Crippen LogP contribution in [0.1, 0.15) is 31.5 Å². The minimum Gasteiger partial charge on any atom is -0.462 e. The second-order valence-electron chi connectivity index (χ2n) is 5.43. The molecule has 5 heteroatoms. The Balaban J connectivity index is 0.000000647. The molecule has 0 saturated heterocycles. The molecule has 0 spiro atoms. The maximum Gasteiger partial charge on any atom is 0.146 e. The average Bonchev–Trinajstić information content (AvgIpc) is 2.87. The van der Waals surface area contributed by atoms with Crippen molar-refractivity contribution in [2.24, 2.45) is 0 Å². The van der Waals surface area contributed by atoms with Gasteiger partial charge in [0, 0.05) is 17.1 Å². The first-order valence-corrected chi connectivity index (χ1v) is 7.70. The maximum absolute atomic E-state index is 13.2. The van der Waals surface area contributed by atoms with Crippen LogP contribution in [0.2, 0.25) is 0 Å². The Morgan fingerprint density at radius 1 is 1.25 bits per heavy atom. The van der Waals surface area contributed by atoms with E-state index in [-0.39, 0.29) is 5.69 Å². The number of hydrogen-bond donors (Lipinski definition) is 3. The number of nitrogens with zero attached hydrogens (tertiary/aromatic N) is 1. The molecule has 0 bridgehead atoms. The first-order valence-electron chi connectivity index (χ1n) is 7.70. The quantitative estimate of drug-likeness (QED) is 0.460. The lowest BCUT2D eigenvalue weighted by Gasteiger charge is -2.04. The fourth-order valence-electron chi connectivity index (χ4n) is 2.26. The smallest absolute Gasteiger partial charge is 0.146 e. The third-order valence-corrected chi connectivity index (χ3v) is 3.42. The fourth-order valence-corrected chi connectivity index (χ4v) is 2.26. The number of nitrogen functional groups attached to an aromatic ring is 1. The van der Waals surface area contributed by atoms with E-state index in [4.69, 9.17) is 10.8 Å². The molecule has 4 N–H and O–H groups in total. The number of aromatic amines is 1. The highest BCUT2D eigenvalue weighted by Crippen LogP contribution is 2.27. The summed E-state index contributed by atoms with van der Waals surface area (Å²) in [5.41, 5.74) is 9.53. The second-order valence-corrected chi connectivity index (χ2v) is 5.43. The molecular formula is C19H20FN3O. The highest BCUT2D eigenvalue weighted by Gasteiger charge is 2.09. The molecule has 4 nitrogen and oxygen atoms in total. The van der Waals surface area contributed by atoms with Crippen molar-refractivity contribution < 1.29 is 9.50 Å². The molecule has 124 valence electrons. The van der Waals surface area contributed by atoms with Crippen molar-refractivity contribution in [1.29, 1.82) is 0 Å². The molecule has 0 aliphatic carbocycles. The Kier molecular flexibility index (Phi) is 5.43. The number of H-pyrrole nitrogens is 1. The van der Waals surface area contributed by atoms with Gasteiger partial charge in [-0.25, -0.2) is 9.37 Å². The molecule has 3 aromatic rings. The van der Waals surface area contributed by atoms with Crippen LogP contribution in [0.5, 0.6) is 0 Å². The second kappa shape index (κ2) is 7.51. The zero-order valence-corrected chi connectivity index (χ0v) is 13.9. The van der Waals surface area contributed by atoms with E-state index >= 15 is 0 Å². The predicted molar refractivity (Wildman–Crippen MR) is 95.4 cm³/mol. The van der Waals surface area contributed by atoms with Crippen LogP contribution in [-0.2, 0) is 0 Å². The van der Waals surface area contributed by atoms with Gasteiger partial charge in [-0.1, -0.05) is 26.3 Å². The van der Waals surface area contributed by atoms with Gasteiger partial charge >= 0.3 is 0 Å². The summed E-state index contributed by atoms with van der Waals surface area (Å²) in [6.45, 7) is 6.14. The van der Waals surface area contributed by atoms with Gasteiger partial charge in [0.2, 0.25) is 0 Å². The lowest BCUT2D eigenvalue weighted by Crippen LogP contribution is -1.91. The van der Waals surface area contributed by atoms with Gasteiger partial charge in [-0.15, -0.1) is 0 Å². The Morgan fingerprint density at radius 2 is 1.96 bits per heavy atom. The van der Waals surface area contributed by atoms with Crippen LogP contribution in [0.4, 0.5) is 10.1 Å². The summed E-state index contributed by atoms with van der Waals surface area (Å²) < 4.78 is 13.2. The third kappa shape index (κ3) is 3.49. The lowest BCUT2D eigenvalue weighted by atomic mass is 10.0. The minimum absolute atomic E-state index is 0.102. The normalized spacial score (nSPS) is 9.83. The van der Waals surface area contributed by atoms with E-state index in [9.17, 15) is 4.39 Å². The summed E-state index contributed by atoms with van der Waals surface area (Å²) in [7, 11) is 0. The van der Waals surface area contributed by atoms with Crippen molar-refractivity contribution in [3.8, 4) is 23.2 Å². The zero-order chi connectivity index (χ0) is 17.7. The molecule has 0 fully saturated rings. The summed E-state index contributed by atoms with van der Waals surface area (Å²) >= 11 is 0. The molecule has 0 unspecified atom stereocenters. The van der Waals surface area contributed by atoms with E-state index in [1.165, 1.54) is 12.5 Å². The van der Waals surface area contributed by atoms with E-state index in [1.807, 2.05) is 19.1 Å². The van der Waals surface area contributed by atoms with Gasteiger partial charge in [0.05, 0.1) is 11.4 Å². The van der Waals surface area contributed by atoms with E-state index in [2.05, 4.69) is 29.7 Å². The molecule has 2 heterocycles. The number of benzene rings is 1. The number of pyridine rings is 1. The molecule has 24 heavy (non-hydrogen) atoms. The summed E-state index contributed by atoms with van der Waals surface area (Å²) in [5, 5.41) is 9.60. The van der Waals surface area contributed by atoms with Gasteiger partial charge in [-0.2, -0.15) is 0 Å². The molecule has 0 aliphatic heterocycles. The Hall–Kier alpha value is -3.00. The number of nitrogens with one attached hydrogen (secondary N) is 1. The minimum atomic E-state index is -0.439. The number of aliphatic hydroxyl groups is 1. The molecule has 0 radical (unpaired) electrons. The van der Waals surface area contributed by atoms with E-state index < -0.39 is 5.82 Å². The molecule has 3 rings (SSSR count). The average molecular weight is 325 g/mol. The molecule has 2 aromatic heterocycles. The molecular weight excluding hydrogens is 305 g/mol. The Labute approximate surface area is 140 Å². The first-order chi connectivity index (χ1) is 11.5. The van der Waals surface area contributed by atoms with Crippen molar-refractivity contribution >= 4 is 16.7 Å². The van der Waals surface area contributed by atoms with Gasteiger partial charge in [0.15, 0.2) is 0 Å². The fraction of sp³-hybridized carbons (Fsp3) is 0.211. The van der Waals surface area contributed by atoms with Crippen LogP contribution in [-0.4, -0.2) is 15.1 Å². The van der Waals surface area contributed by atoms with Crippen LogP contribution < -0.4 is 5.73 Å². The van der Waals surface area contributed by atoms with Crippen LogP contribution in [0.25, 0.3) is 22.2 Å². The van der Waals surface area contributed by atoms with Crippen LogP contribution in [0, 0.1) is 24.8 Å². The number of rotatable bonds is 1. The molecule has 0 atom stereocenters. The highest BCUT2D eigenvalue weighted by molar-refractivity contribution is 5.86. The maximum atomic E-state index is 13.2. The van der Waals surface area contributed by atoms with Gasteiger partial charge in [0.25, 0.3) is 0 Å². The highest BCUT2D eigenvalue weighted by atomic mass is 19.1. The van der Waals surface area contributed by atoms with Gasteiger partial charge in [-0.05, 0) is 42.2 Å². The number of hydrogen-bond acceptors (Lipinski definition) is 3. The van der Waals surface area contributed by atoms with Crippen molar-refractivity contribution in [2.45, 2.75) is 27.2 Å². The summed E-state index contributed by atoms with van der Waals surface area (Å²) in [6, 6.07) is 6.50. The SMILES string of the molecule is CCC.Cc1c(C#CO)[nH]c2ncc(-c3ccc(F)c(N)c3)cc12. The van der Waals surface area contributed by atoms with Crippen molar-refractivity contribution in [3.63, 3.8) is 0 Å². The lowest BCUT2D eigenvalue weighted by molar-refractivity contribution is 0.517. The predicted octanol–water partition coefficient (Wildman–Crippen LogP) is 4.36. The van der Waals surface area contributed by atoms with Crippen LogP contribution in [0.3, 0.4) is 0 Å². The monoisotopic (exact) mass is 325 g/mol. The number of aryl methyl sites for hydroxylation is 1. The summed E-state index contributed by atoms with van der Waals surface area (Å²) in [5.74, 6) is 2.14. The van der Waals surface area contributed by atoms with Crippen LogP contribution in [0.15, 0.2) is 30.5 Å². The largest absolute Gasteiger partial charge is 0.462 e. The number of halogens is 1. The Bertz CT molecular complexity index is 919. The topological polar surface area (TPSA) is 74.9 Å². The van der Waals surface area contributed by atoms with Crippen molar-refractivity contribution in [3.05, 3.63) is 47.5 Å². The molecule has 1 aromatic carbocycles. The van der Waals surface area contributed by atoms with Crippen LogP contribution >= 0.6 is 0 Å². The van der Waals surface area contributed by atoms with Gasteiger partial charge in [-0.3, -0.25) is 0 Å². The Morgan fingerprint density at radius 3 is 2.58 bits per heavy atom. The van der Waals surface area contributed by atoms with E-state index in [0.717, 1.165) is 22.1 Å². The van der Waals surface area contributed by atoms with Crippen molar-refractivity contribution in [1.82, 2.24) is 9.97 Å². The van der Waals surface area contributed by atoms with Gasteiger partial charge in [0.1, 0.15) is 17.6 Å². The number of anilines is 1. The number of nitrogens with two attached hydrogens (primary N) is 1. The molecule has 0 aliphatic rings. The van der Waals surface area contributed by atoms with Gasteiger partial charge < -0.3 is 15.8 Å². The van der Waals surface area contributed by atoms with E-state index in [0.29, 0.717) is 11.3 Å². The summed E-state index contributed by atoms with van der Waals surface area (Å²) in [6.07, 6.45) is 4.81. The molecule has 0 saturated carbocycles. The molecule has 0 amide bonds.